The molecule has 7 nitrogen and oxygen atoms in total. The lowest BCUT2D eigenvalue weighted by Gasteiger charge is -2.38. The highest BCUT2D eigenvalue weighted by Crippen LogP contribution is 2.35. The fourth-order valence-corrected chi connectivity index (χ4v) is 4.05. The number of aromatic nitrogens is 1. The number of benzene rings is 1. The van der Waals surface area contributed by atoms with Crippen molar-refractivity contribution in [1.82, 2.24) is 9.88 Å². The highest BCUT2D eigenvalue weighted by molar-refractivity contribution is 9.10. The normalized spacial score (nSPS) is 23.7. The molecule has 3 heterocycles. The number of hydrogen-bond donors (Lipinski definition) is 2. The van der Waals surface area contributed by atoms with E-state index in [-0.39, 0.29) is 18.7 Å². The molecule has 0 aliphatic carbocycles. The summed E-state index contributed by atoms with van der Waals surface area (Å²) in [6, 6.07) is 4.10. The van der Waals surface area contributed by atoms with Gasteiger partial charge < -0.3 is 19.5 Å². The molecule has 2 saturated heterocycles. The van der Waals surface area contributed by atoms with Crippen molar-refractivity contribution in [2.24, 2.45) is 0 Å². The molecular weight excluding hydrogens is 366 g/mol. The van der Waals surface area contributed by atoms with Crippen LogP contribution in [0.5, 0.6) is 0 Å². The Labute approximate surface area is 140 Å². The summed E-state index contributed by atoms with van der Waals surface area (Å²) < 4.78 is 6.68. The molecule has 0 radical (unpaired) electrons. The third-order valence-corrected chi connectivity index (χ3v) is 5.34. The molecule has 2 bridgehead atoms. The largest absolute Gasteiger partial charge is 0.465 e. The standard InChI is InChI=1S/C15H16BrN3O4/c16-11-4-1-8(7-20)12-13(11)23-14(17-12)18-5-9-2-3-10(6-18)19(9)15(21)22/h1,4,9-10,20H,2-3,5-7H2,(H,21,22). The van der Waals surface area contributed by atoms with Crippen LogP contribution in [-0.4, -0.2) is 51.4 Å². The van der Waals surface area contributed by atoms with Crippen LogP contribution in [0.4, 0.5) is 10.8 Å². The lowest BCUT2D eigenvalue weighted by Crippen LogP contribution is -2.55. The Kier molecular flexibility index (Phi) is 3.46. The predicted octanol–water partition coefficient (Wildman–Crippen LogP) is 2.41. The van der Waals surface area contributed by atoms with Gasteiger partial charge in [-0.05, 0) is 34.8 Å². The molecule has 2 atom stereocenters. The molecule has 0 spiro atoms. The summed E-state index contributed by atoms with van der Waals surface area (Å²) in [5, 5.41) is 18.8. The minimum absolute atomic E-state index is 0.0120. The molecule has 23 heavy (non-hydrogen) atoms. The zero-order valence-corrected chi connectivity index (χ0v) is 13.9. The van der Waals surface area contributed by atoms with E-state index >= 15 is 0 Å². The molecule has 2 aliphatic heterocycles. The average Bonchev–Trinajstić information content (AvgIpc) is 3.08. The number of anilines is 1. The number of halogens is 1. The van der Waals surface area contributed by atoms with Crippen LogP contribution in [0.15, 0.2) is 21.0 Å². The lowest BCUT2D eigenvalue weighted by atomic mass is 10.2. The molecule has 4 rings (SSSR count). The number of nitrogens with zero attached hydrogens (tertiary/aromatic N) is 3. The van der Waals surface area contributed by atoms with E-state index in [1.54, 1.807) is 4.90 Å². The Morgan fingerprint density at radius 3 is 2.65 bits per heavy atom. The number of aliphatic hydroxyl groups excluding tert-OH is 1. The van der Waals surface area contributed by atoms with Crippen molar-refractivity contribution in [3.63, 3.8) is 0 Å². The zero-order valence-electron chi connectivity index (χ0n) is 12.3. The topological polar surface area (TPSA) is 90.0 Å². The van der Waals surface area contributed by atoms with Crippen LogP contribution in [0, 0.1) is 0 Å². The van der Waals surface area contributed by atoms with Crippen molar-refractivity contribution in [2.45, 2.75) is 31.5 Å². The van der Waals surface area contributed by atoms with E-state index in [1.807, 2.05) is 17.0 Å². The van der Waals surface area contributed by atoms with Gasteiger partial charge in [-0.2, -0.15) is 4.98 Å². The van der Waals surface area contributed by atoms with Gasteiger partial charge in [0.15, 0.2) is 5.58 Å². The van der Waals surface area contributed by atoms with Gasteiger partial charge in [0.1, 0.15) is 5.52 Å². The maximum absolute atomic E-state index is 11.4. The summed E-state index contributed by atoms with van der Waals surface area (Å²) in [6.07, 6.45) is 0.901. The van der Waals surface area contributed by atoms with Crippen LogP contribution in [-0.2, 0) is 6.61 Å². The molecule has 1 aromatic carbocycles. The third-order valence-electron chi connectivity index (χ3n) is 4.71. The van der Waals surface area contributed by atoms with E-state index in [0.717, 1.165) is 17.3 Å². The fourth-order valence-electron chi connectivity index (χ4n) is 3.65. The molecule has 1 aromatic heterocycles. The minimum Gasteiger partial charge on any atom is -0.465 e. The van der Waals surface area contributed by atoms with Gasteiger partial charge in [0.2, 0.25) is 0 Å². The maximum Gasteiger partial charge on any atom is 0.407 e. The van der Waals surface area contributed by atoms with Gasteiger partial charge in [-0.3, -0.25) is 4.90 Å². The van der Waals surface area contributed by atoms with Crippen LogP contribution in [0.2, 0.25) is 0 Å². The number of carboxylic acid groups (broad SMARTS) is 1. The van der Waals surface area contributed by atoms with Crippen molar-refractivity contribution in [1.29, 1.82) is 0 Å². The second-order valence-electron chi connectivity index (χ2n) is 6.02. The van der Waals surface area contributed by atoms with E-state index < -0.39 is 6.09 Å². The van der Waals surface area contributed by atoms with Crippen molar-refractivity contribution in [3.8, 4) is 0 Å². The number of fused-ring (bicyclic) bond motifs is 3. The Morgan fingerprint density at radius 1 is 1.35 bits per heavy atom. The zero-order chi connectivity index (χ0) is 16.1. The third kappa shape index (κ3) is 2.28. The first kappa shape index (κ1) is 14.8. The molecule has 1 amide bonds. The van der Waals surface area contributed by atoms with E-state index in [9.17, 15) is 15.0 Å². The highest BCUT2D eigenvalue weighted by Gasteiger charge is 2.43. The Hall–Kier alpha value is -1.80. The number of oxazole rings is 1. The Bertz CT molecular complexity index is 763. The molecule has 2 unspecified atom stereocenters. The number of piperazine rings is 1. The van der Waals surface area contributed by atoms with Gasteiger partial charge in [0.05, 0.1) is 23.2 Å². The highest BCUT2D eigenvalue weighted by atomic mass is 79.9. The summed E-state index contributed by atoms with van der Waals surface area (Å²) in [5.74, 6) is 0. The Morgan fingerprint density at radius 2 is 2.04 bits per heavy atom. The second kappa shape index (κ2) is 5.38. The lowest BCUT2D eigenvalue weighted by molar-refractivity contribution is 0.114. The fraction of sp³-hybridized carbons (Fsp3) is 0.467. The van der Waals surface area contributed by atoms with E-state index in [2.05, 4.69) is 20.9 Å². The van der Waals surface area contributed by atoms with Crippen molar-refractivity contribution in [3.05, 3.63) is 22.2 Å². The predicted molar refractivity (Wildman–Crippen MR) is 86.5 cm³/mol. The van der Waals surface area contributed by atoms with Crippen LogP contribution in [0.3, 0.4) is 0 Å². The van der Waals surface area contributed by atoms with Crippen LogP contribution < -0.4 is 4.90 Å². The van der Waals surface area contributed by atoms with Crippen LogP contribution in [0.1, 0.15) is 18.4 Å². The summed E-state index contributed by atoms with van der Waals surface area (Å²) in [7, 11) is 0. The number of aliphatic hydroxyl groups is 1. The molecule has 8 heteroatoms. The first-order valence-corrected chi connectivity index (χ1v) is 8.32. The summed E-state index contributed by atoms with van der Waals surface area (Å²) in [4.78, 5) is 19.5. The van der Waals surface area contributed by atoms with Gasteiger partial charge in [-0.15, -0.1) is 0 Å². The van der Waals surface area contributed by atoms with Crippen molar-refractivity contribution >= 4 is 39.1 Å². The van der Waals surface area contributed by atoms with Gasteiger partial charge >= 0.3 is 6.09 Å². The molecule has 2 fully saturated rings. The van der Waals surface area contributed by atoms with Gasteiger partial charge in [-0.25, -0.2) is 4.79 Å². The van der Waals surface area contributed by atoms with Crippen LogP contribution in [0.25, 0.3) is 11.1 Å². The minimum atomic E-state index is -0.847. The van der Waals surface area contributed by atoms with Gasteiger partial charge in [-0.1, -0.05) is 6.07 Å². The molecule has 2 aliphatic rings. The van der Waals surface area contributed by atoms with E-state index in [0.29, 0.717) is 35.8 Å². The van der Waals surface area contributed by atoms with E-state index in [1.165, 1.54) is 0 Å². The quantitative estimate of drug-likeness (QED) is 0.829. The monoisotopic (exact) mass is 381 g/mol. The molecule has 2 aromatic rings. The average molecular weight is 382 g/mol. The molecule has 122 valence electrons. The van der Waals surface area contributed by atoms with Crippen molar-refractivity contribution < 1.29 is 19.4 Å². The first-order valence-electron chi connectivity index (χ1n) is 7.53. The summed E-state index contributed by atoms with van der Waals surface area (Å²) in [6.45, 7) is 1.07. The molecule has 0 saturated carbocycles. The SMILES string of the molecule is O=C(O)N1C2CCC1CN(c1nc3c(CO)ccc(Br)c3o1)C2. The van der Waals surface area contributed by atoms with E-state index in [4.69, 9.17) is 4.42 Å². The second-order valence-corrected chi connectivity index (χ2v) is 6.87. The maximum atomic E-state index is 11.4. The number of amides is 1. The van der Waals surface area contributed by atoms with Gasteiger partial charge in [0.25, 0.3) is 6.01 Å². The Balaban J connectivity index is 1.69. The van der Waals surface area contributed by atoms with Crippen LogP contribution >= 0.6 is 15.9 Å². The van der Waals surface area contributed by atoms with Crippen molar-refractivity contribution in [2.75, 3.05) is 18.0 Å². The molecule has 2 N–H and O–H groups in total. The number of carbonyl (C=O) groups is 1. The molecular formula is C15H16BrN3O4. The summed E-state index contributed by atoms with van der Waals surface area (Å²) >= 11 is 3.44. The summed E-state index contributed by atoms with van der Waals surface area (Å²) in [5.41, 5.74) is 1.97. The van der Waals surface area contributed by atoms with Gasteiger partial charge in [0, 0.05) is 18.7 Å². The number of rotatable bonds is 2. The number of hydrogen-bond acceptors (Lipinski definition) is 5. The smallest absolute Gasteiger partial charge is 0.407 e. The first-order chi connectivity index (χ1) is 11.1.